The minimum atomic E-state index is -0.545. The number of rotatable bonds is 5. The summed E-state index contributed by atoms with van der Waals surface area (Å²) in [5.74, 6) is 0.242. The second-order valence-electron chi connectivity index (χ2n) is 5.71. The molecule has 1 atom stereocenters. The number of piperidine rings is 1. The lowest BCUT2D eigenvalue weighted by Crippen LogP contribution is -2.50. The van der Waals surface area contributed by atoms with Gasteiger partial charge in [-0.3, -0.25) is 4.90 Å². The van der Waals surface area contributed by atoms with Crippen molar-refractivity contribution in [3.8, 4) is 0 Å². The molecule has 3 nitrogen and oxygen atoms in total. The number of hydrogen-bond acceptors (Lipinski definition) is 3. The monoisotopic (exact) mass is 262 g/mol. The summed E-state index contributed by atoms with van der Waals surface area (Å²) in [6, 6.07) is 10.5. The molecule has 106 valence electrons. The highest BCUT2D eigenvalue weighted by Gasteiger charge is 2.37. The minimum absolute atomic E-state index is 0.242. The maximum absolute atomic E-state index is 10.7. The van der Waals surface area contributed by atoms with Crippen LogP contribution in [0, 0.1) is 5.92 Å². The fourth-order valence-electron chi connectivity index (χ4n) is 3.11. The normalized spacial score (nSPS) is 21.2. The average Bonchev–Trinajstić information content (AvgIpc) is 2.44. The van der Waals surface area contributed by atoms with E-state index in [4.69, 9.17) is 5.73 Å². The number of benzene rings is 1. The van der Waals surface area contributed by atoms with Crippen molar-refractivity contribution in [2.75, 3.05) is 19.6 Å². The largest absolute Gasteiger partial charge is 0.389 e. The predicted octanol–water partition coefficient (Wildman–Crippen LogP) is 2.00. The molecule has 0 spiro atoms. The van der Waals surface area contributed by atoms with Crippen LogP contribution in [0.25, 0.3) is 0 Å². The molecule has 1 saturated heterocycles. The molecule has 1 heterocycles. The molecule has 1 unspecified atom stereocenters. The first-order valence-corrected chi connectivity index (χ1v) is 7.36. The van der Waals surface area contributed by atoms with Gasteiger partial charge in [0.05, 0.1) is 5.60 Å². The van der Waals surface area contributed by atoms with Gasteiger partial charge in [0.1, 0.15) is 0 Å². The van der Waals surface area contributed by atoms with Crippen molar-refractivity contribution >= 4 is 0 Å². The van der Waals surface area contributed by atoms with Crippen LogP contribution in [0.15, 0.2) is 30.3 Å². The van der Waals surface area contributed by atoms with Gasteiger partial charge in [0.25, 0.3) is 0 Å². The Kier molecular flexibility index (Phi) is 4.97. The third-order valence-electron chi connectivity index (χ3n) is 4.51. The second kappa shape index (κ2) is 6.51. The molecule has 0 radical (unpaired) electrons. The van der Waals surface area contributed by atoms with Gasteiger partial charge in [-0.1, -0.05) is 37.3 Å². The van der Waals surface area contributed by atoms with Gasteiger partial charge in [0, 0.05) is 19.6 Å². The molecular formula is C16H26N2O. The van der Waals surface area contributed by atoms with Gasteiger partial charge in [0.15, 0.2) is 0 Å². The molecule has 3 heteroatoms. The van der Waals surface area contributed by atoms with Crippen molar-refractivity contribution in [2.24, 2.45) is 11.7 Å². The smallest absolute Gasteiger partial charge is 0.0712 e. The van der Waals surface area contributed by atoms with E-state index in [0.29, 0.717) is 6.54 Å². The molecule has 1 aromatic rings. The molecule has 1 aliphatic rings. The Balaban J connectivity index is 1.88. The highest BCUT2D eigenvalue weighted by Crippen LogP contribution is 2.31. The zero-order valence-corrected chi connectivity index (χ0v) is 11.9. The van der Waals surface area contributed by atoms with E-state index in [0.717, 1.165) is 38.9 Å². The molecule has 0 saturated carbocycles. The maximum Gasteiger partial charge on any atom is 0.0712 e. The first-order valence-electron chi connectivity index (χ1n) is 7.36. The van der Waals surface area contributed by atoms with Crippen LogP contribution in [0.4, 0.5) is 0 Å². The van der Waals surface area contributed by atoms with Crippen molar-refractivity contribution in [3.05, 3.63) is 35.9 Å². The van der Waals surface area contributed by atoms with E-state index >= 15 is 0 Å². The molecule has 1 fully saturated rings. The Morgan fingerprint density at radius 2 is 1.89 bits per heavy atom. The van der Waals surface area contributed by atoms with Gasteiger partial charge in [-0.05, 0) is 37.3 Å². The van der Waals surface area contributed by atoms with Gasteiger partial charge in [0.2, 0.25) is 0 Å². The first kappa shape index (κ1) is 14.5. The molecule has 2 rings (SSSR count). The molecule has 1 aliphatic heterocycles. The van der Waals surface area contributed by atoms with E-state index in [1.807, 2.05) is 6.07 Å². The number of likely N-dealkylation sites (tertiary alicyclic amines) is 1. The van der Waals surface area contributed by atoms with Crippen molar-refractivity contribution in [1.29, 1.82) is 0 Å². The Bertz CT molecular complexity index is 368. The number of nitrogens with two attached hydrogens (primary N) is 1. The zero-order chi connectivity index (χ0) is 13.7. The van der Waals surface area contributed by atoms with E-state index in [1.54, 1.807) is 0 Å². The van der Waals surface area contributed by atoms with Crippen LogP contribution in [0.2, 0.25) is 0 Å². The molecule has 19 heavy (non-hydrogen) atoms. The summed E-state index contributed by atoms with van der Waals surface area (Å²) in [4.78, 5) is 2.42. The van der Waals surface area contributed by atoms with E-state index < -0.39 is 5.60 Å². The fourth-order valence-corrected chi connectivity index (χ4v) is 3.11. The summed E-state index contributed by atoms with van der Waals surface area (Å²) in [7, 11) is 0. The molecule has 0 aromatic heterocycles. The van der Waals surface area contributed by atoms with Crippen molar-refractivity contribution in [3.63, 3.8) is 0 Å². The highest BCUT2D eigenvalue weighted by molar-refractivity contribution is 5.14. The third-order valence-corrected chi connectivity index (χ3v) is 4.51. The van der Waals surface area contributed by atoms with E-state index in [1.165, 1.54) is 5.56 Å². The first-order chi connectivity index (χ1) is 9.18. The Morgan fingerprint density at radius 3 is 2.42 bits per heavy atom. The summed E-state index contributed by atoms with van der Waals surface area (Å²) in [5, 5.41) is 10.7. The predicted molar refractivity (Wildman–Crippen MR) is 78.7 cm³/mol. The van der Waals surface area contributed by atoms with Crippen molar-refractivity contribution in [1.82, 2.24) is 4.90 Å². The number of hydrogen-bond donors (Lipinski definition) is 2. The van der Waals surface area contributed by atoms with E-state index in [9.17, 15) is 5.11 Å². The van der Waals surface area contributed by atoms with Crippen LogP contribution in [0.5, 0.6) is 0 Å². The molecular weight excluding hydrogens is 236 g/mol. The molecule has 1 aromatic carbocycles. The van der Waals surface area contributed by atoms with Crippen LogP contribution in [0.1, 0.15) is 31.7 Å². The summed E-state index contributed by atoms with van der Waals surface area (Å²) in [6.07, 6.45) is 2.65. The summed E-state index contributed by atoms with van der Waals surface area (Å²) in [6.45, 7) is 5.61. The average molecular weight is 262 g/mol. The minimum Gasteiger partial charge on any atom is -0.389 e. The second-order valence-corrected chi connectivity index (χ2v) is 5.71. The SMILES string of the molecule is CCC(CN)C1(O)CCN(Cc2ccccc2)CC1. The number of nitrogens with zero attached hydrogens (tertiary/aromatic N) is 1. The van der Waals surface area contributed by atoms with Gasteiger partial charge >= 0.3 is 0 Å². The van der Waals surface area contributed by atoms with Crippen molar-refractivity contribution in [2.45, 2.75) is 38.3 Å². The van der Waals surface area contributed by atoms with Gasteiger partial charge < -0.3 is 10.8 Å². The van der Waals surface area contributed by atoms with Crippen LogP contribution < -0.4 is 5.73 Å². The third kappa shape index (κ3) is 3.56. The standard InChI is InChI=1S/C16H26N2O/c1-2-15(12-17)16(19)8-10-18(11-9-16)13-14-6-4-3-5-7-14/h3-7,15,19H,2,8-13,17H2,1H3. The zero-order valence-electron chi connectivity index (χ0n) is 11.9. The molecule has 0 aliphatic carbocycles. The maximum atomic E-state index is 10.7. The van der Waals surface area contributed by atoms with Crippen LogP contribution >= 0.6 is 0 Å². The summed E-state index contributed by atoms with van der Waals surface area (Å²) >= 11 is 0. The van der Waals surface area contributed by atoms with E-state index in [-0.39, 0.29) is 5.92 Å². The summed E-state index contributed by atoms with van der Waals surface area (Å²) in [5.41, 5.74) is 6.59. The Labute approximate surface area is 116 Å². The van der Waals surface area contributed by atoms with Crippen LogP contribution in [-0.2, 0) is 6.54 Å². The lowest BCUT2D eigenvalue weighted by atomic mass is 9.78. The topological polar surface area (TPSA) is 49.5 Å². The Morgan fingerprint density at radius 1 is 1.26 bits per heavy atom. The van der Waals surface area contributed by atoms with Gasteiger partial charge in [-0.2, -0.15) is 0 Å². The van der Waals surface area contributed by atoms with E-state index in [2.05, 4.69) is 36.1 Å². The lowest BCUT2D eigenvalue weighted by Gasteiger charge is -2.42. The van der Waals surface area contributed by atoms with Crippen molar-refractivity contribution < 1.29 is 5.11 Å². The lowest BCUT2D eigenvalue weighted by molar-refractivity contribution is -0.0668. The number of aliphatic hydroxyl groups is 1. The Hall–Kier alpha value is -0.900. The van der Waals surface area contributed by atoms with Gasteiger partial charge in [-0.15, -0.1) is 0 Å². The molecule has 3 N–H and O–H groups in total. The highest BCUT2D eigenvalue weighted by atomic mass is 16.3. The quantitative estimate of drug-likeness (QED) is 0.853. The summed E-state index contributed by atoms with van der Waals surface area (Å²) < 4.78 is 0. The van der Waals surface area contributed by atoms with Crippen LogP contribution in [-0.4, -0.2) is 35.2 Å². The molecule has 0 amide bonds. The van der Waals surface area contributed by atoms with Crippen LogP contribution in [0.3, 0.4) is 0 Å². The fraction of sp³-hybridized carbons (Fsp3) is 0.625. The van der Waals surface area contributed by atoms with Gasteiger partial charge in [-0.25, -0.2) is 0 Å². The molecule has 0 bridgehead atoms.